The number of nitrogens with one attached hydrogen (secondary N) is 1. The van der Waals surface area contributed by atoms with E-state index in [0.29, 0.717) is 17.4 Å². The molecule has 1 N–H and O–H groups in total. The van der Waals surface area contributed by atoms with E-state index in [1.807, 2.05) is 0 Å². The second kappa shape index (κ2) is 7.22. The van der Waals surface area contributed by atoms with E-state index in [4.69, 9.17) is 4.74 Å². The van der Waals surface area contributed by atoms with Gasteiger partial charge in [-0.1, -0.05) is 31.5 Å². The lowest BCUT2D eigenvalue weighted by Crippen LogP contribution is -2.58. The minimum absolute atomic E-state index is 0.123. The van der Waals surface area contributed by atoms with Crippen molar-refractivity contribution in [3.8, 4) is 5.75 Å². The maximum absolute atomic E-state index is 13.1. The molecule has 0 aromatic heterocycles. The van der Waals surface area contributed by atoms with Crippen molar-refractivity contribution in [1.82, 2.24) is 10.2 Å². The van der Waals surface area contributed by atoms with Crippen LogP contribution in [-0.2, 0) is 14.4 Å². The van der Waals surface area contributed by atoms with E-state index < -0.39 is 23.8 Å². The highest BCUT2D eigenvalue weighted by molar-refractivity contribution is 6.31. The number of imide groups is 2. The molecule has 28 heavy (non-hydrogen) atoms. The van der Waals surface area contributed by atoms with E-state index in [1.54, 1.807) is 31.2 Å². The molecular formula is C21H22N2O5. The highest BCUT2D eigenvalue weighted by Gasteiger charge is 2.49. The van der Waals surface area contributed by atoms with Gasteiger partial charge in [-0.05, 0) is 43.2 Å². The Morgan fingerprint density at radius 1 is 1.21 bits per heavy atom. The van der Waals surface area contributed by atoms with Gasteiger partial charge in [0, 0.05) is 18.0 Å². The molecule has 2 saturated carbocycles. The van der Waals surface area contributed by atoms with Crippen molar-refractivity contribution in [1.29, 1.82) is 0 Å². The smallest absolute Gasteiger partial charge is 0.331 e. The zero-order chi connectivity index (χ0) is 19.8. The summed E-state index contributed by atoms with van der Waals surface area (Å²) in [6, 6.07) is 5.88. The third-order valence-corrected chi connectivity index (χ3v) is 5.90. The highest BCUT2D eigenvalue weighted by Crippen LogP contribution is 2.47. The highest BCUT2D eigenvalue weighted by atomic mass is 16.5. The molecule has 0 spiro atoms. The minimum atomic E-state index is -0.731. The fourth-order valence-corrected chi connectivity index (χ4v) is 4.54. The zero-order valence-electron chi connectivity index (χ0n) is 15.6. The predicted molar refractivity (Wildman–Crippen MR) is 100.0 cm³/mol. The summed E-state index contributed by atoms with van der Waals surface area (Å²) in [4.78, 5) is 50.7. The van der Waals surface area contributed by atoms with E-state index in [9.17, 15) is 19.2 Å². The Labute approximate surface area is 162 Å². The summed E-state index contributed by atoms with van der Waals surface area (Å²) in [6.45, 7) is 1.68. The number of rotatable bonds is 4. The number of hydrogen-bond donors (Lipinski definition) is 1. The van der Waals surface area contributed by atoms with E-state index in [0.717, 1.165) is 25.7 Å². The number of fused-ring (bicyclic) bond motifs is 2. The fraction of sp³-hybridized carbons (Fsp3) is 0.429. The zero-order valence-corrected chi connectivity index (χ0v) is 15.6. The molecule has 1 aromatic rings. The van der Waals surface area contributed by atoms with Gasteiger partial charge in [0.25, 0.3) is 11.8 Å². The minimum Gasteiger partial charge on any atom is -0.426 e. The number of carbonyl (C=O) groups is 4. The lowest BCUT2D eigenvalue weighted by molar-refractivity contribution is -0.134. The summed E-state index contributed by atoms with van der Waals surface area (Å²) in [7, 11) is 0. The molecular weight excluding hydrogens is 360 g/mol. The summed E-state index contributed by atoms with van der Waals surface area (Å²) in [6.07, 6.45) is 5.58. The molecule has 3 aliphatic rings. The maximum Gasteiger partial charge on any atom is 0.331 e. The molecule has 3 atom stereocenters. The van der Waals surface area contributed by atoms with Gasteiger partial charge in [0.15, 0.2) is 0 Å². The molecule has 2 aliphatic carbocycles. The first kappa shape index (κ1) is 18.4. The van der Waals surface area contributed by atoms with Crippen molar-refractivity contribution < 1.29 is 23.9 Å². The largest absolute Gasteiger partial charge is 0.426 e. The SMILES string of the molecule is CCC(=O)Oc1ccccc1/C=C1/C(=O)NC(=O)N([C@@H]2C[C@H]3CC[C@H]2C3)C1=O. The summed E-state index contributed by atoms with van der Waals surface area (Å²) < 4.78 is 5.29. The monoisotopic (exact) mass is 382 g/mol. The van der Waals surface area contributed by atoms with Crippen LogP contribution in [0.4, 0.5) is 4.79 Å². The van der Waals surface area contributed by atoms with Crippen LogP contribution >= 0.6 is 0 Å². The number of esters is 1. The molecule has 1 aromatic carbocycles. The van der Waals surface area contributed by atoms with Gasteiger partial charge in [-0.25, -0.2) is 4.79 Å². The van der Waals surface area contributed by atoms with Gasteiger partial charge in [-0.3, -0.25) is 24.6 Å². The summed E-state index contributed by atoms with van der Waals surface area (Å²) >= 11 is 0. The van der Waals surface area contributed by atoms with Gasteiger partial charge in [-0.2, -0.15) is 0 Å². The number of carbonyl (C=O) groups excluding carboxylic acids is 4. The molecule has 0 radical (unpaired) electrons. The Bertz CT molecular complexity index is 891. The quantitative estimate of drug-likeness (QED) is 0.374. The molecule has 4 amide bonds. The Kier molecular flexibility index (Phi) is 4.75. The summed E-state index contributed by atoms with van der Waals surface area (Å²) in [5, 5.41) is 2.29. The molecule has 7 nitrogen and oxygen atoms in total. The van der Waals surface area contributed by atoms with Crippen LogP contribution in [0, 0.1) is 11.8 Å². The lowest BCUT2D eigenvalue weighted by Gasteiger charge is -2.35. The standard InChI is InChI=1S/C21H22N2O5/c1-2-18(24)28-17-6-4-3-5-14(17)11-15-19(25)22-21(27)23(20(15)26)16-10-12-7-8-13(16)9-12/h3-6,11-13,16H,2,7-10H2,1H3,(H,22,25,27)/b15-11-/t12-,13-,16+/m0/s1. The molecule has 146 valence electrons. The van der Waals surface area contributed by atoms with Gasteiger partial charge in [0.1, 0.15) is 11.3 Å². The molecule has 4 rings (SSSR count). The Morgan fingerprint density at radius 2 is 2.00 bits per heavy atom. The third-order valence-electron chi connectivity index (χ3n) is 5.90. The number of ether oxygens (including phenoxy) is 1. The van der Waals surface area contributed by atoms with Crippen LogP contribution in [0.2, 0.25) is 0 Å². The number of nitrogens with zero attached hydrogens (tertiary/aromatic N) is 1. The first-order chi connectivity index (χ1) is 13.5. The second-order valence-electron chi connectivity index (χ2n) is 7.60. The Hall–Kier alpha value is -2.96. The Balaban J connectivity index is 1.65. The molecule has 1 saturated heterocycles. The lowest BCUT2D eigenvalue weighted by atomic mass is 9.93. The van der Waals surface area contributed by atoms with Crippen LogP contribution in [0.15, 0.2) is 29.8 Å². The Morgan fingerprint density at radius 3 is 2.68 bits per heavy atom. The summed E-state index contributed by atoms with van der Waals surface area (Å²) in [5.41, 5.74) is 0.312. The molecule has 3 fully saturated rings. The second-order valence-corrected chi connectivity index (χ2v) is 7.60. The van der Waals surface area contributed by atoms with Crippen LogP contribution in [0.3, 0.4) is 0 Å². The van der Waals surface area contributed by atoms with Crippen molar-refractivity contribution in [3.63, 3.8) is 0 Å². The topological polar surface area (TPSA) is 92.8 Å². The van der Waals surface area contributed by atoms with Crippen LogP contribution < -0.4 is 10.1 Å². The number of urea groups is 1. The van der Waals surface area contributed by atoms with Gasteiger partial charge < -0.3 is 4.74 Å². The molecule has 1 heterocycles. The summed E-state index contributed by atoms with van der Waals surface area (Å²) in [5.74, 6) is -0.592. The number of para-hydroxylation sites is 1. The maximum atomic E-state index is 13.1. The number of barbiturate groups is 1. The molecule has 2 bridgehead atoms. The van der Waals surface area contributed by atoms with Crippen LogP contribution in [0.25, 0.3) is 6.08 Å². The van der Waals surface area contributed by atoms with Crippen molar-refractivity contribution in [2.75, 3.05) is 0 Å². The predicted octanol–water partition coefficient (Wildman–Crippen LogP) is 2.65. The molecule has 0 unspecified atom stereocenters. The van der Waals surface area contributed by atoms with Gasteiger partial charge in [-0.15, -0.1) is 0 Å². The van der Waals surface area contributed by atoms with Crippen molar-refractivity contribution in [2.24, 2.45) is 11.8 Å². The van der Waals surface area contributed by atoms with Gasteiger partial charge >= 0.3 is 12.0 Å². The van der Waals surface area contributed by atoms with E-state index in [-0.39, 0.29) is 23.8 Å². The number of hydrogen-bond acceptors (Lipinski definition) is 5. The van der Waals surface area contributed by atoms with Crippen molar-refractivity contribution in [3.05, 3.63) is 35.4 Å². The average Bonchev–Trinajstić information content (AvgIpc) is 3.29. The third kappa shape index (κ3) is 3.21. The van der Waals surface area contributed by atoms with E-state index in [2.05, 4.69) is 5.32 Å². The van der Waals surface area contributed by atoms with Crippen molar-refractivity contribution in [2.45, 2.75) is 45.1 Å². The molecule has 1 aliphatic heterocycles. The van der Waals surface area contributed by atoms with E-state index >= 15 is 0 Å². The number of amides is 4. The van der Waals surface area contributed by atoms with E-state index in [1.165, 1.54) is 11.0 Å². The molecule has 7 heteroatoms. The first-order valence-electron chi connectivity index (χ1n) is 9.68. The van der Waals surface area contributed by atoms with Crippen LogP contribution in [0.5, 0.6) is 5.75 Å². The van der Waals surface area contributed by atoms with Crippen LogP contribution in [-0.4, -0.2) is 34.8 Å². The average molecular weight is 382 g/mol. The van der Waals surface area contributed by atoms with Gasteiger partial charge in [0.05, 0.1) is 0 Å². The van der Waals surface area contributed by atoms with Crippen molar-refractivity contribution >= 4 is 29.9 Å². The van der Waals surface area contributed by atoms with Gasteiger partial charge in [0.2, 0.25) is 0 Å². The first-order valence-corrected chi connectivity index (χ1v) is 9.68. The van der Waals surface area contributed by atoms with Crippen LogP contribution in [0.1, 0.15) is 44.6 Å². The normalized spacial score (nSPS) is 28.0. The fourth-order valence-electron chi connectivity index (χ4n) is 4.54. The number of benzene rings is 1.